The predicted molar refractivity (Wildman–Crippen MR) is 120 cm³/mol. The van der Waals surface area contributed by atoms with Gasteiger partial charge in [0.05, 0.1) is 17.3 Å². The number of hydrogen-bond acceptors (Lipinski definition) is 5. The van der Waals surface area contributed by atoms with Crippen LogP contribution in [-0.4, -0.2) is 50.0 Å². The molecule has 5 rings (SSSR count). The van der Waals surface area contributed by atoms with E-state index in [2.05, 4.69) is 36.0 Å². The van der Waals surface area contributed by atoms with Crippen LogP contribution in [0.3, 0.4) is 0 Å². The van der Waals surface area contributed by atoms with Gasteiger partial charge in [-0.3, -0.25) is 9.78 Å². The second-order valence-corrected chi connectivity index (χ2v) is 9.16. The number of rotatable bonds is 3. The van der Waals surface area contributed by atoms with Crippen molar-refractivity contribution < 1.29 is 4.79 Å². The monoisotopic (exact) mass is 418 g/mol. The van der Waals surface area contributed by atoms with Gasteiger partial charge in [-0.25, -0.2) is 9.50 Å². The Labute approximate surface area is 183 Å². The summed E-state index contributed by atoms with van der Waals surface area (Å²) in [4.78, 5) is 26.9. The number of fused-ring (bicyclic) bond motifs is 1. The van der Waals surface area contributed by atoms with Crippen molar-refractivity contribution in [2.24, 2.45) is 5.92 Å². The molecule has 0 aromatic carbocycles. The number of carbonyl (C=O) groups is 1. The highest BCUT2D eigenvalue weighted by atomic mass is 16.2. The summed E-state index contributed by atoms with van der Waals surface area (Å²) in [6, 6.07) is 3.93. The number of aryl methyl sites for hydroxylation is 2. The number of hydrogen-bond donors (Lipinski definition) is 0. The fourth-order valence-corrected chi connectivity index (χ4v) is 4.95. The third-order valence-corrected chi connectivity index (χ3v) is 6.72. The van der Waals surface area contributed by atoms with E-state index in [4.69, 9.17) is 10.1 Å². The van der Waals surface area contributed by atoms with Crippen molar-refractivity contribution in [3.63, 3.8) is 0 Å². The zero-order valence-electron chi connectivity index (χ0n) is 18.6. The second-order valence-electron chi connectivity index (χ2n) is 9.16. The molecule has 0 N–H and O–H groups in total. The number of anilines is 1. The topological polar surface area (TPSA) is 66.6 Å². The molecule has 3 aromatic heterocycles. The molecular weight excluding hydrogens is 388 g/mol. The average molecular weight is 419 g/mol. The molecule has 31 heavy (non-hydrogen) atoms. The van der Waals surface area contributed by atoms with Crippen molar-refractivity contribution in [3.05, 3.63) is 53.1 Å². The number of pyridine rings is 1. The van der Waals surface area contributed by atoms with Gasteiger partial charge in [0.25, 0.3) is 5.91 Å². The van der Waals surface area contributed by atoms with E-state index in [1.807, 2.05) is 22.4 Å². The number of piperidine rings is 1. The van der Waals surface area contributed by atoms with Gasteiger partial charge >= 0.3 is 0 Å². The smallest absolute Gasteiger partial charge is 0.256 e. The molecule has 0 radical (unpaired) electrons. The van der Waals surface area contributed by atoms with E-state index in [1.54, 1.807) is 12.4 Å². The molecule has 0 unspecified atom stereocenters. The van der Waals surface area contributed by atoms with Crippen LogP contribution in [0, 0.1) is 19.8 Å². The first-order chi connectivity index (χ1) is 15.0. The Kier molecular flexibility index (Phi) is 5.12. The number of nitrogens with zero attached hydrogens (tertiary/aromatic N) is 6. The minimum absolute atomic E-state index is 0.0295. The first-order valence-corrected chi connectivity index (χ1v) is 11.3. The van der Waals surface area contributed by atoms with Crippen LogP contribution in [0.25, 0.3) is 5.65 Å². The van der Waals surface area contributed by atoms with Gasteiger partial charge in [-0.05, 0) is 57.1 Å². The van der Waals surface area contributed by atoms with Crippen molar-refractivity contribution in [1.82, 2.24) is 24.5 Å². The van der Waals surface area contributed by atoms with Crippen LogP contribution in [0.4, 0.5) is 5.82 Å². The molecule has 0 aliphatic carbocycles. The lowest BCUT2D eigenvalue weighted by Crippen LogP contribution is -2.39. The van der Waals surface area contributed by atoms with Crippen molar-refractivity contribution in [2.75, 3.05) is 24.5 Å². The van der Waals surface area contributed by atoms with Crippen molar-refractivity contribution in [3.8, 4) is 0 Å². The van der Waals surface area contributed by atoms with Crippen LogP contribution in [-0.2, 0) is 0 Å². The zero-order chi connectivity index (χ0) is 21.5. The summed E-state index contributed by atoms with van der Waals surface area (Å²) in [6.07, 6.45) is 9.73. The van der Waals surface area contributed by atoms with E-state index in [9.17, 15) is 4.79 Å². The maximum atomic E-state index is 13.4. The van der Waals surface area contributed by atoms with Crippen LogP contribution in [0.5, 0.6) is 0 Å². The van der Waals surface area contributed by atoms with Crippen LogP contribution < -0.4 is 4.90 Å². The molecule has 3 aromatic rings. The molecule has 162 valence electrons. The third kappa shape index (κ3) is 3.66. The van der Waals surface area contributed by atoms with Crippen LogP contribution >= 0.6 is 0 Å². The van der Waals surface area contributed by atoms with Crippen molar-refractivity contribution in [1.29, 1.82) is 0 Å². The Morgan fingerprint density at radius 3 is 2.77 bits per heavy atom. The molecule has 0 bridgehead atoms. The predicted octanol–water partition coefficient (Wildman–Crippen LogP) is 3.95. The number of amides is 1. The Balaban J connectivity index is 1.48. The van der Waals surface area contributed by atoms with Gasteiger partial charge in [-0.15, -0.1) is 0 Å². The molecule has 2 aliphatic heterocycles. The van der Waals surface area contributed by atoms with Gasteiger partial charge in [-0.1, -0.05) is 6.92 Å². The normalized spacial score (nSPS) is 21.8. The third-order valence-electron chi connectivity index (χ3n) is 6.72. The lowest BCUT2D eigenvalue weighted by Gasteiger charge is -2.35. The quantitative estimate of drug-likeness (QED) is 0.644. The van der Waals surface area contributed by atoms with E-state index < -0.39 is 0 Å². The SMILES string of the molecule is Cc1ccncc1C(=O)N1CCCC[C@H]1c1cc2nc(N3CC[C@H](C)C3)c(C)cn2n1. The van der Waals surface area contributed by atoms with Gasteiger partial charge in [0.15, 0.2) is 5.65 Å². The largest absolute Gasteiger partial charge is 0.356 e. The van der Waals surface area contributed by atoms with Crippen LogP contribution in [0.15, 0.2) is 30.7 Å². The average Bonchev–Trinajstić information content (AvgIpc) is 3.38. The minimum Gasteiger partial charge on any atom is -0.356 e. The maximum absolute atomic E-state index is 13.4. The first kappa shape index (κ1) is 20.0. The fraction of sp³-hybridized carbons (Fsp3) is 0.500. The standard InChI is InChI=1S/C24H30N6O/c1-16-8-11-28(14-16)23-18(3)15-30-22(26-23)12-20(27-30)21-6-4-5-10-29(21)24(31)19-13-25-9-7-17(19)2/h7,9,12-13,15-16,21H,4-6,8,10-11,14H2,1-3H3/t16-,21-/m0/s1. The zero-order valence-corrected chi connectivity index (χ0v) is 18.6. The first-order valence-electron chi connectivity index (χ1n) is 11.3. The molecule has 2 atom stereocenters. The highest BCUT2D eigenvalue weighted by Crippen LogP contribution is 2.33. The molecule has 7 nitrogen and oxygen atoms in total. The number of aromatic nitrogens is 4. The van der Waals surface area contributed by atoms with E-state index in [0.29, 0.717) is 11.5 Å². The van der Waals surface area contributed by atoms with Gasteiger partial charge in [-0.2, -0.15) is 5.10 Å². The highest BCUT2D eigenvalue weighted by molar-refractivity contribution is 5.95. The van der Waals surface area contributed by atoms with Gasteiger partial charge < -0.3 is 9.80 Å². The summed E-state index contributed by atoms with van der Waals surface area (Å²) in [5.41, 5.74) is 4.55. The summed E-state index contributed by atoms with van der Waals surface area (Å²) in [5, 5.41) is 4.85. The van der Waals surface area contributed by atoms with Gasteiger partial charge in [0.2, 0.25) is 0 Å². The van der Waals surface area contributed by atoms with Crippen molar-refractivity contribution in [2.45, 2.75) is 52.5 Å². The molecule has 0 spiro atoms. The second kappa shape index (κ2) is 7.94. The maximum Gasteiger partial charge on any atom is 0.256 e. The minimum atomic E-state index is -0.0295. The van der Waals surface area contributed by atoms with E-state index in [-0.39, 0.29) is 11.9 Å². The van der Waals surface area contributed by atoms with E-state index in [0.717, 1.165) is 67.2 Å². The molecule has 2 saturated heterocycles. The highest BCUT2D eigenvalue weighted by Gasteiger charge is 2.31. The Bertz CT molecular complexity index is 1120. The Morgan fingerprint density at radius 1 is 1.13 bits per heavy atom. The molecule has 2 aliphatic rings. The lowest BCUT2D eigenvalue weighted by atomic mass is 9.98. The summed E-state index contributed by atoms with van der Waals surface area (Å²) < 4.78 is 1.88. The summed E-state index contributed by atoms with van der Waals surface area (Å²) in [5.74, 6) is 1.81. The van der Waals surface area contributed by atoms with Gasteiger partial charge in [0.1, 0.15) is 5.82 Å². The summed E-state index contributed by atoms with van der Waals surface area (Å²) in [6.45, 7) is 9.22. The van der Waals surface area contributed by atoms with Crippen LogP contribution in [0.2, 0.25) is 0 Å². The molecule has 2 fully saturated rings. The van der Waals surface area contributed by atoms with Gasteiger partial charge in [0, 0.05) is 49.9 Å². The number of carbonyl (C=O) groups excluding carboxylic acids is 1. The molecule has 0 saturated carbocycles. The van der Waals surface area contributed by atoms with Crippen LogP contribution in [0.1, 0.15) is 65.8 Å². The molecule has 7 heteroatoms. The lowest BCUT2D eigenvalue weighted by molar-refractivity contribution is 0.0604. The molecular formula is C24H30N6O. The number of likely N-dealkylation sites (tertiary alicyclic amines) is 1. The Hall–Kier alpha value is -2.96. The molecule has 1 amide bonds. The van der Waals surface area contributed by atoms with Crippen molar-refractivity contribution >= 4 is 17.4 Å². The summed E-state index contributed by atoms with van der Waals surface area (Å²) >= 11 is 0. The summed E-state index contributed by atoms with van der Waals surface area (Å²) in [7, 11) is 0. The van der Waals surface area contributed by atoms with E-state index >= 15 is 0 Å². The van der Waals surface area contributed by atoms with E-state index in [1.165, 1.54) is 6.42 Å². The molecule has 5 heterocycles. The fourth-order valence-electron chi connectivity index (χ4n) is 4.95. The Morgan fingerprint density at radius 2 is 2.00 bits per heavy atom.